The molecule has 26 heavy (non-hydrogen) atoms. The maximum Gasteiger partial charge on any atom is 0.293 e. The molecule has 0 unspecified atom stereocenters. The van der Waals surface area contributed by atoms with Crippen LogP contribution in [0.15, 0.2) is 28.1 Å². The first-order chi connectivity index (χ1) is 12.4. The molecular formula is C16H16N4O5S. The second-order valence-electron chi connectivity index (χ2n) is 5.62. The Morgan fingerprint density at radius 1 is 1.42 bits per heavy atom. The van der Waals surface area contributed by atoms with E-state index in [-0.39, 0.29) is 16.8 Å². The van der Waals surface area contributed by atoms with Crippen LogP contribution in [0.2, 0.25) is 0 Å². The summed E-state index contributed by atoms with van der Waals surface area (Å²) >= 11 is 1.02. The molecule has 3 rings (SSSR count). The van der Waals surface area contributed by atoms with Crippen LogP contribution in [0.5, 0.6) is 0 Å². The van der Waals surface area contributed by atoms with Crippen LogP contribution >= 0.6 is 11.8 Å². The van der Waals surface area contributed by atoms with Gasteiger partial charge in [-0.15, -0.1) is 0 Å². The van der Waals surface area contributed by atoms with Crippen molar-refractivity contribution >= 4 is 46.2 Å². The predicted molar refractivity (Wildman–Crippen MR) is 98.0 cm³/mol. The SMILES string of the molecule is CC(=O)NC1=NC(=O)C(=Cc2ccc(N3CCOCC3)c([N+](=O)[O-])c2)S1. The Balaban J connectivity index is 1.85. The van der Waals surface area contributed by atoms with E-state index in [4.69, 9.17) is 4.74 Å². The maximum absolute atomic E-state index is 11.9. The second-order valence-corrected chi connectivity index (χ2v) is 6.65. The Morgan fingerprint density at radius 3 is 2.81 bits per heavy atom. The van der Waals surface area contributed by atoms with Crippen LogP contribution in [0.3, 0.4) is 0 Å². The molecule has 1 aromatic rings. The first-order valence-electron chi connectivity index (χ1n) is 7.85. The van der Waals surface area contributed by atoms with E-state index in [1.54, 1.807) is 12.1 Å². The fraction of sp³-hybridized carbons (Fsp3) is 0.312. The van der Waals surface area contributed by atoms with Crippen molar-refractivity contribution in [1.82, 2.24) is 5.32 Å². The van der Waals surface area contributed by atoms with Crippen molar-refractivity contribution in [3.05, 3.63) is 38.8 Å². The molecule has 0 aliphatic carbocycles. The molecule has 0 spiro atoms. The standard InChI is InChI=1S/C16H16N4O5S/c1-10(21)17-16-18-15(22)14(26-16)9-11-2-3-12(13(8-11)20(23)24)19-4-6-25-7-5-19/h2-3,8-9H,4-7H2,1H3,(H,17,18,21,22). The molecule has 9 nitrogen and oxygen atoms in total. The van der Waals surface area contributed by atoms with Gasteiger partial charge < -0.3 is 15.0 Å². The molecule has 2 heterocycles. The molecular weight excluding hydrogens is 360 g/mol. The summed E-state index contributed by atoms with van der Waals surface area (Å²) in [6.45, 7) is 3.55. The lowest BCUT2D eigenvalue weighted by Crippen LogP contribution is -2.36. The van der Waals surface area contributed by atoms with Gasteiger partial charge in [0.1, 0.15) is 5.69 Å². The topological polar surface area (TPSA) is 114 Å². The lowest BCUT2D eigenvalue weighted by atomic mass is 10.1. The summed E-state index contributed by atoms with van der Waals surface area (Å²) in [7, 11) is 0. The van der Waals surface area contributed by atoms with Crippen molar-refractivity contribution in [2.45, 2.75) is 6.92 Å². The number of carbonyl (C=O) groups is 2. The Labute approximate surface area is 153 Å². The summed E-state index contributed by atoms with van der Waals surface area (Å²) in [5.74, 6) is -0.811. The van der Waals surface area contributed by atoms with Gasteiger partial charge in [0.15, 0.2) is 5.17 Å². The van der Waals surface area contributed by atoms with Crippen LogP contribution in [0, 0.1) is 10.1 Å². The number of ether oxygens (including phenoxy) is 1. The van der Waals surface area contributed by atoms with Gasteiger partial charge in [0.25, 0.3) is 11.6 Å². The van der Waals surface area contributed by atoms with Gasteiger partial charge in [0.05, 0.1) is 23.0 Å². The van der Waals surface area contributed by atoms with Crippen molar-refractivity contribution in [1.29, 1.82) is 0 Å². The van der Waals surface area contributed by atoms with Crippen LogP contribution in [-0.4, -0.2) is 48.2 Å². The first kappa shape index (κ1) is 18.1. The van der Waals surface area contributed by atoms with E-state index in [1.165, 1.54) is 19.1 Å². The lowest BCUT2D eigenvalue weighted by Gasteiger charge is -2.28. The molecule has 2 aliphatic heterocycles. The third-order valence-electron chi connectivity index (χ3n) is 3.75. The van der Waals surface area contributed by atoms with Crippen LogP contribution in [-0.2, 0) is 14.3 Å². The quantitative estimate of drug-likeness (QED) is 0.483. The fourth-order valence-corrected chi connectivity index (χ4v) is 3.47. The number of nitro groups is 1. The summed E-state index contributed by atoms with van der Waals surface area (Å²) in [5.41, 5.74) is 1.02. The van der Waals surface area contributed by atoms with Crippen molar-refractivity contribution in [3.8, 4) is 0 Å². The van der Waals surface area contributed by atoms with Gasteiger partial charge in [0, 0.05) is 26.1 Å². The smallest absolute Gasteiger partial charge is 0.293 e. The average molecular weight is 376 g/mol. The second kappa shape index (κ2) is 7.67. The molecule has 0 saturated carbocycles. The van der Waals surface area contributed by atoms with Gasteiger partial charge in [-0.3, -0.25) is 19.7 Å². The number of thioether (sulfide) groups is 1. The number of anilines is 1. The zero-order chi connectivity index (χ0) is 18.7. The molecule has 0 radical (unpaired) electrons. The molecule has 2 aliphatic rings. The van der Waals surface area contributed by atoms with Gasteiger partial charge in [-0.1, -0.05) is 6.07 Å². The van der Waals surface area contributed by atoms with Gasteiger partial charge in [-0.25, -0.2) is 0 Å². The monoisotopic (exact) mass is 376 g/mol. The number of nitrogens with zero attached hydrogens (tertiary/aromatic N) is 3. The van der Waals surface area contributed by atoms with Gasteiger partial charge in [0.2, 0.25) is 5.91 Å². The number of amides is 2. The largest absolute Gasteiger partial charge is 0.378 e. The number of amidine groups is 1. The summed E-state index contributed by atoms with van der Waals surface area (Å²) in [5, 5.41) is 14.1. The number of aliphatic imine (C=N–C) groups is 1. The third kappa shape index (κ3) is 4.09. The Hall–Kier alpha value is -2.72. The van der Waals surface area contributed by atoms with Crippen molar-refractivity contribution in [2.75, 3.05) is 31.2 Å². The van der Waals surface area contributed by atoms with E-state index in [0.29, 0.717) is 42.5 Å². The highest BCUT2D eigenvalue weighted by Crippen LogP contribution is 2.33. The number of nitrogens with one attached hydrogen (secondary N) is 1. The summed E-state index contributed by atoms with van der Waals surface area (Å²) in [6, 6.07) is 4.83. The maximum atomic E-state index is 11.9. The molecule has 1 fully saturated rings. The highest BCUT2D eigenvalue weighted by atomic mass is 32.2. The molecule has 1 aromatic carbocycles. The number of rotatable bonds is 3. The zero-order valence-corrected chi connectivity index (χ0v) is 14.7. The first-order valence-corrected chi connectivity index (χ1v) is 8.67. The number of hydrogen-bond donors (Lipinski definition) is 1. The van der Waals surface area contributed by atoms with Crippen molar-refractivity contribution < 1.29 is 19.2 Å². The van der Waals surface area contributed by atoms with Crippen LogP contribution < -0.4 is 10.2 Å². The van der Waals surface area contributed by atoms with E-state index >= 15 is 0 Å². The molecule has 2 amide bonds. The number of morpholine rings is 1. The predicted octanol–water partition coefficient (Wildman–Crippen LogP) is 1.54. The number of benzene rings is 1. The summed E-state index contributed by atoms with van der Waals surface area (Å²) in [6.07, 6.45) is 1.53. The minimum Gasteiger partial charge on any atom is -0.378 e. The lowest BCUT2D eigenvalue weighted by molar-refractivity contribution is -0.384. The zero-order valence-electron chi connectivity index (χ0n) is 13.9. The van der Waals surface area contributed by atoms with Crippen LogP contribution in [0.4, 0.5) is 11.4 Å². The van der Waals surface area contributed by atoms with Crippen molar-refractivity contribution in [3.63, 3.8) is 0 Å². The van der Waals surface area contributed by atoms with E-state index < -0.39 is 10.8 Å². The number of nitro benzene ring substituents is 1. The van der Waals surface area contributed by atoms with Gasteiger partial charge in [-0.2, -0.15) is 4.99 Å². The van der Waals surface area contributed by atoms with E-state index in [2.05, 4.69) is 10.3 Å². The van der Waals surface area contributed by atoms with E-state index in [0.717, 1.165) is 11.8 Å². The Kier molecular flexibility index (Phi) is 5.33. The number of carbonyl (C=O) groups excluding carboxylic acids is 2. The molecule has 136 valence electrons. The highest BCUT2D eigenvalue weighted by molar-refractivity contribution is 8.18. The van der Waals surface area contributed by atoms with Crippen LogP contribution in [0.25, 0.3) is 6.08 Å². The van der Waals surface area contributed by atoms with Gasteiger partial charge >= 0.3 is 0 Å². The highest BCUT2D eigenvalue weighted by Gasteiger charge is 2.24. The third-order valence-corrected chi connectivity index (χ3v) is 4.65. The molecule has 10 heteroatoms. The molecule has 0 atom stereocenters. The van der Waals surface area contributed by atoms with E-state index in [9.17, 15) is 19.7 Å². The number of hydrogen-bond acceptors (Lipinski definition) is 7. The summed E-state index contributed by atoms with van der Waals surface area (Å²) in [4.78, 5) is 40.0. The fourth-order valence-electron chi connectivity index (χ4n) is 2.61. The molecule has 1 N–H and O–H groups in total. The van der Waals surface area contributed by atoms with E-state index in [1.807, 2.05) is 4.90 Å². The van der Waals surface area contributed by atoms with Crippen LogP contribution in [0.1, 0.15) is 12.5 Å². The molecule has 1 saturated heterocycles. The summed E-state index contributed by atoms with van der Waals surface area (Å²) < 4.78 is 5.28. The minimum absolute atomic E-state index is 0.0281. The Bertz CT molecular complexity index is 830. The normalized spacial score (nSPS) is 18.8. The van der Waals surface area contributed by atoms with Gasteiger partial charge in [-0.05, 0) is 29.5 Å². The molecule has 0 bridgehead atoms. The minimum atomic E-state index is -0.487. The van der Waals surface area contributed by atoms with Crippen molar-refractivity contribution in [2.24, 2.45) is 4.99 Å². The Morgan fingerprint density at radius 2 is 2.15 bits per heavy atom. The average Bonchev–Trinajstić information content (AvgIpc) is 2.94. The molecule has 0 aromatic heterocycles.